The van der Waals surface area contributed by atoms with Gasteiger partial charge in [-0.2, -0.15) is 0 Å². The van der Waals surface area contributed by atoms with Crippen molar-refractivity contribution in [3.63, 3.8) is 0 Å². The minimum Gasteiger partial charge on any atom is -0.252 e. The quantitative estimate of drug-likeness (QED) is 0.757. The van der Waals surface area contributed by atoms with Gasteiger partial charge in [0.1, 0.15) is 0 Å². The number of aromatic nitrogens is 3. The van der Waals surface area contributed by atoms with Gasteiger partial charge in [0.25, 0.3) is 0 Å². The maximum atomic E-state index is 3.89. The molecule has 0 aliphatic carbocycles. The average molecular weight is 199 g/mol. The molecule has 0 N–H and O–H groups in total. The van der Waals surface area contributed by atoms with E-state index < -0.39 is 0 Å². The minimum absolute atomic E-state index is 0.878. The first kappa shape index (κ1) is 9.65. The SMILES string of the molecule is C(=Cc1ccccc1)CCn1ccnn1. The summed E-state index contributed by atoms with van der Waals surface area (Å²) in [5.41, 5.74) is 1.23. The first-order chi connectivity index (χ1) is 7.45. The zero-order chi connectivity index (χ0) is 10.3. The molecule has 0 unspecified atom stereocenters. The van der Waals surface area contributed by atoms with Gasteiger partial charge < -0.3 is 0 Å². The molecular weight excluding hydrogens is 186 g/mol. The number of rotatable bonds is 4. The Morgan fingerprint density at radius 1 is 1.20 bits per heavy atom. The van der Waals surface area contributed by atoms with Crippen molar-refractivity contribution in [2.75, 3.05) is 0 Å². The number of hydrogen-bond donors (Lipinski definition) is 0. The van der Waals surface area contributed by atoms with Crippen LogP contribution in [0.4, 0.5) is 0 Å². The van der Waals surface area contributed by atoms with Gasteiger partial charge >= 0.3 is 0 Å². The van der Waals surface area contributed by atoms with Crippen LogP contribution in [0.5, 0.6) is 0 Å². The van der Waals surface area contributed by atoms with Crippen LogP contribution in [-0.4, -0.2) is 15.0 Å². The van der Waals surface area contributed by atoms with E-state index in [0.29, 0.717) is 0 Å². The molecule has 0 bridgehead atoms. The van der Waals surface area contributed by atoms with Gasteiger partial charge in [0.15, 0.2) is 0 Å². The van der Waals surface area contributed by atoms with Crippen LogP contribution < -0.4 is 0 Å². The number of benzene rings is 1. The lowest BCUT2D eigenvalue weighted by Gasteiger charge is -1.95. The molecule has 2 aromatic rings. The first-order valence-electron chi connectivity index (χ1n) is 5.01. The van der Waals surface area contributed by atoms with Crippen molar-refractivity contribution in [1.82, 2.24) is 15.0 Å². The van der Waals surface area contributed by atoms with Crippen LogP contribution in [0.25, 0.3) is 6.08 Å². The summed E-state index contributed by atoms with van der Waals surface area (Å²) in [6, 6.07) is 10.3. The molecular formula is C12H13N3. The molecule has 0 aliphatic heterocycles. The van der Waals surface area contributed by atoms with Crippen LogP contribution >= 0.6 is 0 Å². The largest absolute Gasteiger partial charge is 0.252 e. The zero-order valence-electron chi connectivity index (χ0n) is 8.45. The van der Waals surface area contributed by atoms with E-state index >= 15 is 0 Å². The van der Waals surface area contributed by atoms with Gasteiger partial charge in [-0.1, -0.05) is 47.7 Å². The second-order valence-electron chi connectivity index (χ2n) is 3.27. The highest BCUT2D eigenvalue weighted by Crippen LogP contribution is 2.02. The fourth-order valence-electron chi connectivity index (χ4n) is 1.34. The van der Waals surface area contributed by atoms with E-state index in [9.17, 15) is 0 Å². The molecule has 1 aromatic heterocycles. The summed E-state index contributed by atoms with van der Waals surface area (Å²) >= 11 is 0. The Morgan fingerprint density at radius 3 is 2.80 bits per heavy atom. The van der Waals surface area contributed by atoms with Crippen molar-refractivity contribution < 1.29 is 0 Å². The van der Waals surface area contributed by atoms with E-state index in [0.717, 1.165) is 13.0 Å². The van der Waals surface area contributed by atoms with Gasteiger partial charge in [-0.15, -0.1) is 5.10 Å². The van der Waals surface area contributed by atoms with Gasteiger partial charge in [0.2, 0.25) is 0 Å². The topological polar surface area (TPSA) is 30.7 Å². The molecule has 3 heteroatoms. The first-order valence-corrected chi connectivity index (χ1v) is 5.01. The Bertz CT molecular complexity index is 404. The summed E-state index contributed by atoms with van der Waals surface area (Å²) in [6.07, 6.45) is 8.81. The normalized spacial score (nSPS) is 10.9. The third kappa shape index (κ3) is 3.06. The summed E-state index contributed by atoms with van der Waals surface area (Å²) in [6.45, 7) is 0.878. The summed E-state index contributed by atoms with van der Waals surface area (Å²) in [4.78, 5) is 0. The molecule has 15 heavy (non-hydrogen) atoms. The Labute approximate surface area is 89.1 Å². The zero-order valence-corrected chi connectivity index (χ0v) is 8.45. The van der Waals surface area contributed by atoms with Crippen LogP contribution in [0.3, 0.4) is 0 Å². The van der Waals surface area contributed by atoms with E-state index in [4.69, 9.17) is 0 Å². The van der Waals surface area contributed by atoms with Crippen LogP contribution in [0, 0.1) is 0 Å². The van der Waals surface area contributed by atoms with Gasteiger partial charge in [-0.05, 0) is 12.0 Å². The Balaban J connectivity index is 1.81. The molecule has 76 valence electrons. The van der Waals surface area contributed by atoms with E-state index in [1.165, 1.54) is 5.56 Å². The van der Waals surface area contributed by atoms with Crippen LogP contribution in [0.1, 0.15) is 12.0 Å². The molecule has 0 amide bonds. The molecule has 1 aromatic carbocycles. The molecule has 0 saturated carbocycles. The predicted molar refractivity (Wildman–Crippen MR) is 60.1 cm³/mol. The van der Waals surface area contributed by atoms with Crippen molar-refractivity contribution in [3.05, 3.63) is 54.4 Å². The molecule has 0 fully saturated rings. The predicted octanol–water partition coefficient (Wildman–Crippen LogP) is 2.38. The van der Waals surface area contributed by atoms with Crippen LogP contribution in [0.15, 0.2) is 48.8 Å². The van der Waals surface area contributed by atoms with Crippen LogP contribution in [-0.2, 0) is 6.54 Å². The monoisotopic (exact) mass is 199 g/mol. The van der Waals surface area contributed by atoms with Gasteiger partial charge in [-0.25, -0.2) is 0 Å². The molecule has 0 radical (unpaired) electrons. The highest BCUT2D eigenvalue weighted by atomic mass is 15.4. The lowest BCUT2D eigenvalue weighted by atomic mass is 10.2. The van der Waals surface area contributed by atoms with E-state index in [-0.39, 0.29) is 0 Å². The van der Waals surface area contributed by atoms with Gasteiger partial charge in [-0.3, -0.25) is 4.68 Å². The Kier molecular flexibility index (Phi) is 3.28. The molecule has 3 nitrogen and oxygen atoms in total. The lowest BCUT2D eigenvalue weighted by molar-refractivity contribution is 0.597. The van der Waals surface area contributed by atoms with Crippen LogP contribution in [0.2, 0.25) is 0 Å². The third-order valence-corrected chi connectivity index (χ3v) is 2.11. The second-order valence-corrected chi connectivity index (χ2v) is 3.27. The van der Waals surface area contributed by atoms with E-state index in [1.807, 2.05) is 29.1 Å². The highest BCUT2D eigenvalue weighted by molar-refractivity contribution is 5.48. The maximum Gasteiger partial charge on any atom is 0.0692 e. The molecule has 0 aliphatic rings. The number of nitrogens with zero attached hydrogens (tertiary/aromatic N) is 3. The fourth-order valence-corrected chi connectivity index (χ4v) is 1.34. The summed E-state index contributed by atoms with van der Waals surface area (Å²) in [5.74, 6) is 0. The second kappa shape index (κ2) is 5.10. The number of aryl methyl sites for hydroxylation is 1. The Morgan fingerprint density at radius 2 is 2.07 bits per heavy atom. The molecule has 1 heterocycles. The summed E-state index contributed by atoms with van der Waals surface area (Å²) < 4.78 is 1.83. The standard InChI is InChI=1S/C12H13N3/c1-2-6-12(7-3-1)8-4-5-10-15-11-9-13-14-15/h1-4,6-9,11H,5,10H2. The summed E-state index contributed by atoms with van der Waals surface area (Å²) in [7, 11) is 0. The number of hydrogen-bond acceptors (Lipinski definition) is 2. The molecule has 0 atom stereocenters. The van der Waals surface area contributed by atoms with Crippen molar-refractivity contribution in [2.45, 2.75) is 13.0 Å². The van der Waals surface area contributed by atoms with E-state index in [1.54, 1.807) is 6.20 Å². The van der Waals surface area contributed by atoms with Crippen molar-refractivity contribution in [2.24, 2.45) is 0 Å². The molecule has 2 rings (SSSR count). The minimum atomic E-state index is 0.878. The van der Waals surface area contributed by atoms with Crippen molar-refractivity contribution in [1.29, 1.82) is 0 Å². The third-order valence-electron chi connectivity index (χ3n) is 2.11. The summed E-state index contributed by atoms with van der Waals surface area (Å²) in [5, 5.41) is 7.64. The van der Waals surface area contributed by atoms with Crippen molar-refractivity contribution in [3.8, 4) is 0 Å². The van der Waals surface area contributed by atoms with Gasteiger partial charge in [0, 0.05) is 12.7 Å². The highest BCUT2D eigenvalue weighted by Gasteiger charge is 1.88. The maximum absolute atomic E-state index is 3.89. The van der Waals surface area contributed by atoms with Crippen molar-refractivity contribution >= 4 is 6.08 Å². The van der Waals surface area contributed by atoms with E-state index in [2.05, 4.69) is 34.6 Å². The molecule has 0 saturated heterocycles. The average Bonchev–Trinajstić information content (AvgIpc) is 2.79. The fraction of sp³-hybridized carbons (Fsp3) is 0.167. The lowest BCUT2D eigenvalue weighted by Crippen LogP contribution is -1.97. The smallest absolute Gasteiger partial charge is 0.0692 e. The van der Waals surface area contributed by atoms with Gasteiger partial charge in [0.05, 0.1) is 6.20 Å². The number of allylic oxidation sites excluding steroid dienone is 1. The molecule has 0 spiro atoms. The Hall–Kier alpha value is -1.90.